The Morgan fingerprint density at radius 3 is 2.44 bits per heavy atom. The van der Waals surface area contributed by atoms with Crippen LogP contribution in [0.1, 0.15) is 24.0 Å². The summed E-state index contributed by atoms with van der Waals surface area (Å²) in [5.41, 5.74) is -2.73. The van der Waals surface area contributed by atoms with Gasteiger partial charge in [-0.1, -0.05) is 24.0 Å². The number of carbonyl (C=O) groups excluding carboxylic acids is 1. The summed E-state index contributed by atoms with van der Waals surface area (Å²) in [6.07, 6.45) is -3.52. The van der Waals surface area contributed by atoms with E-state index in [1.54, 1.807) is 24.3 Å². The molecule has 2 aromatic rings. The molecule has 1 atom stereocenters. The molecule has 0 bridgehead atoms. The molecule has 1 saturated carbocycles. The van der Waals surface area contributed by atoms with Crippen LogP contribution in [0.5, 0.6) is 5.75 Å². The van der Waals surface area contributed by atoms with E-state index in [0.29, 0.717) is 29.1 Å². The molecule has 2 aliphatic rings. The highest BCUT2D eigenvalue weighted by Gasteiger charge is 2.64. The van der Waals surface area contributed by atoms with Gasteiger partial charge in [0.1, 0.15) is 11.6 Å². The van der Waals surface area contributed by atoms with E-state index < -0.39 is 29.1 Å². The first-order chi connectivity index (χ1) is 15.1. The maximum absolute atomic E-state index is 14.6. The number of urea groups is 1. The van der Waals surface area contributed by atoms with Crippen LogP contribution in [0.2, 0.25) is 0 Å². The van der Waals surface area contributed by atoms with Crippen LogP contribution < -0.4 is 9.64 Å². The lowest BCUT2D eigenvalue weighted by Gasteiger charge is -2.47. The number of rotatable bonds is 3. The number of methoxy groups -OCH3 is 1. The molecule has 0 spiro atoms. The number of carbonyl (C=O) groups is 1. The average Bonchev–Trinajstić information content (AvgIpc) is 3.57. The fraction of sp³-hybridized carbons (Fsp3) is 0.348. The fourth-order valence-electron chi connectivity index (χ4n) is 3.72. The van der Waals surface area contributed by atoms with Crippen molar-refractivity contribution in [3.63, 3.8) is 0 Å². The van der Waals surface area contributed by atoms with Crippen LogP contribution in [-0.2, 0) is 12.1 Å². The molecule has 1 aliphatic carbocycles. The molecule has 4 rings (SSSR count). The van der Waals surface area contributed by atoms with Gasteiger partial charge in [-0.25, -0.2) is 9.18 Å². The molecule has 0 aromatic heterocycles. The van der Waals surface area contributed by atoms with E-state index in [1.807, 2.05) is 0 Å². The molecule has 0 N–H and O–H groups in total. The smallest absolute Gasteiger partial charge is 0.427 e. The lowest BCUT2D eigenvalue weighted by Crippen LogP contribution is -2.62. The molecule has 0 radical (unpaired) electrons. The third kappa shape index (κ3) is 3.71. The normalized spacial score (nSPS) is 20.5. The maximum Gasteiger partial charge on any atom is 0.427 e. The van der Waals surface area contributed by atoms with Crippen LogP contribution in [-0.4, -0.2) is 31.3 Å². The summed E-state index contributed by atoms with van der Waals surface area (Å²) in [6.45, 7) is -0.0117. The highest BCUT2D eigenvalue weighted by atomic mass is 79.9. The van der Waals surface area contributed by atoms with Crippen LogP contribution in [0, 0.1) is 23.6 Å². The lowest BCUT2D eigenvalue weighted by atomic mass is 9.84. The maximum atomic E-state index is 14.6. The van der Waals surface area contributed by atoms with Gasteiger partial charge in [-0.15, -0.1) is 0 Å². The van der Waals surface area contributed by atoms with Crippen molar-refractivity contribution in [2.75, 3.05) is 19.1 Å². The molecule has 0 saturated heterocycles. The highest BCUT2D eigenvalue weighted by molar-refractivity contribution is 9.10. The van der Waals surface area contributed by atoms with Crippen molar-refractivity contribution in [1.82, 2.24) is 4.90 Å². The molecule has 0 unspecified atom stereocenters. The Morgan fingerprint density at radius 1 is 1.22 bits per heavy atom. The van der Waals surface area contributed by atoms with E-state index >= 15 is 0 Å². The van der Waals surface area contributed by atoms with Crippen molar-refractivity contribution < 1.29 is 27.1 Å². The first-order valence-electron chi connectivity index (χ1n) is 9.85. The Labute approximate surface area is 191 Å². The zero-order valence-corrected chi connectivity index (χ0v) is 18.8. The van der Waals surface area contributed by atoms with Crippen molar-refractivity contribution in [3.8, 4) is 17.6 Å². The summed E-state index contributed by atoms with van der Waals surface area (Å²) in [5, 5.41) is 0. The lowest BCUT2D eigenvalue weighted by molar-refractivity contribution is -0.204. The SMILES string of the molecule is COc1ccc(CN2C(=O)N(C)[C@](C#CC3CC3)(C(F)(F)F)c3cc(F)c(Br)cc32)cc1. The van der Waals surface area contributed by atoms with Crippen LogP contribution >= 0.6 is 15.9 Å². The zero-order chi connectivity index (χ0) is 23.3. The van der Waals surface area contributed by atoms with E-state index in [-0.39, 0.29) is 22.6 Å². The number of fused-ring (bicyclic) bond motifs is 1. The second kappa shape index (κ2) is 8.00. The van der Waals surface area contributed by atoms with Gasteiger partial charge in [0.05, 0.1) is 23.8 Å². The van der Waals surface area contributed by atoms with Crippen LogP contribution in [0.3, 0.4) is 0 Å². The van der Waals surface area contributed by atoms with E-state index in [1.165, 1.54) is 18.1 Å². The third-order valence-electron chi connectivity index (χ3n) is 5.68. The Morgan fingerprint density at radius 2 is 1.88 bits per heavy atom. The molecular weight excluding hydrogens is 492 g/mol. The topological polar surface area (TPSA) is 32.8 Å². The number of alkyl halides is 3. The van der Waals surface area contributed by atoms with Gasteiger partial charge in [-0.05, 0) is 58.6 Å². The Balaban J connectivity index is 1.90. The zero-order valence-electron chi connectivity index (χ0n) is 17.3. The summed E-state index contributed by atoms with van der Waals surface area (Å²) in [6, 6.07) is 7.95. The van der Waals surface area contributed by atoms with Crippen molar-refractivity contribution in [1.29, 1.82) is 0 Å². The number of amides is 2. The molecule has 168 valence electrons. The molecule has 4 nitrogen and oxygen atoms in total. The molecular formula is C23H19BrF4N2O2. The summed E-state index contributed by atoms with van der Waals surface area (Å²) in [7, 11) is 2.57. The van der Waals surface area contributed by atoms with E-state index in [4.69, 9.17) is 4.74 Å². The van der Waals surface area contributed by atoms with E-state index in [9.17, 15) is 22.4 Å². The summed E-state index contributed by atoms with van der Waals surface area (Å²) in [5.74, 6) is 4.57. The van der Waals surface area contributed by atoms with Crippen molar-refractivity contribution in [3.05, 3.63) is 57.8 Å². The number of hydrogen-bond acceptors (Lipinski definition) is 2. The first kappa shape index (κ1) is 22.5. The standard InChI is InChI=1S/C23H19BrF4N2O2/c1-29-21(31)30(13-15-5-7-16(32-2)8-6-15)20-12-18(24)19(25)11-17(20)22(29,23(26,27)28)10-9-14-3-4-14/h5-8,11-12,14H,3-4,13H2,1-2H3/t22-/m0/s1. The second-order valence-corrected chi connectivity index (χ2v) is 8.67. The number of anilines is 1. The van der Waals surface area contributed by atoms with Gasteiger partial charge >= 0.3 is 12.2 Å². The van der Waals surface area contributed by atoms with Crippen LogP contribution in [0.15, 0.2) is 40.9 Å². The number of hydrogen-bond donors (Lipinski definition) is 0. The Kier molecular flexibility index (Phi) is 5.61. The quantitative estimate of drug-likeness (QED) is 0.383. The number of nitrogens with zero attached hydrogens (tertiary/aromatic N) is 2. The van der Waals surface area contributed by atoms with Gasteiger partial charge < -0.3 is 4.74 Å². The first-order valence-corrected chi connectivity index (χ1v) is 10.6. The molecule has 32 heavy (non-hydrogen) atoms. The van der Waals surface area contributed by atoms with Crippen molar-refractivity contribution in [2.45, 2.75) is 31.1 Å². The average molecular weight is 511 g/mol. The van der Waals surface area contributed by atoms with Crippen molar-refractivity contribution >= 4 is 27.6 Å². The van der Waals surface area contributed by atoms with Gasteiger partial charge in [0, 0.05) is 18.5 Å². The molecule has 9 heteroatoms. The van der Waals surface area contributed by atoms with Gasteiger partial charge in [0.2, 0.25) is 5.54 Å². The molecule has 1 fully saturated rings. The second-order valence-electron chi connectivity index (χ2n) is 7.81. The summed E-state index contributed by atoms with van der Waals surface area (Å²) in [4.78, 5) is 15.1. The number of benzene rings is 2. The predicted molar refractivity (Wildman–Crippen MR) is 115 cm³/mol. The Hall–Kier alpha value is -2.73. The molecule has 2 amide bonds. The van der Waals surface area contributed by atoms with Gasteiger partial charge in [-0.3, -0.25) is 9.80 Å². The minimum absolute atomic E-state index is 0.0117. The minimum Gasteiger partial charge on any atom is -0.497 e. The largest absolute Gasteiger partial charge is 0.497 e. The molecule has 1 aliphatic heterocycles. The Bertz CT molecular complexity index is 1120. The van der Waals surface area contributed by atoms with E-state index in [0.717, 1.165) is 13.1 Å². The van der Waals surface area contributed by atoms with E-state index in [2.05, 4.69) is 27.8 Å². The summed E-state index contributed by atoms with van der Waals surface area (Å²) >= 11 is 3.04. The number of halogens is 5. The summed E-state index contributed by atoms with van der Waals surface area (Å²) < 4.78 is 63.3. The fourth-order valence-corrected chi connectivity index (χ4v) is 4.05. The third-order valence-corrected chi connectivity index (χ3v) is 6.29. The van der Waals surface area contributed by atoms with Crippen LogP contribution in [0.4, 0.5) is 28.0 Å². The van der Waals surface area contributed by atoms with Gasteiger partial charge in [0.25, 0.3) is 0 Å². The predicted octanol–water partition coefficient (Wildman–Crippen LogP) is 5.84. The number of ether oxygens (including phenoxy) is 1. The van der Waals surface area contributed by atoms with Crippen molar-refractivity contribution in [2.24, 2.45) is 5.92 Å². The molecule has 2 aromatic carbocycles. The monoisotopic (exact) mass is 510 g/mol. The van der Waals surface area contributed by atoms with Crippen LogP contribution in [0.25, 0.3) is 0 Å². The van der Waals surface area contributed by atoms with Gasteiger partial charge in [0.15, 0.2) is 0 Å². The minimum atomic E-state index is -4.94. The van der Waals surface area contributed by atoms with Gasteiger partial charge in [-0.2, -0.15) is 13.2 Å². The highest BCUT2D eigenvalue weighted by Crippen LogP contribution is 2.51. The molecule has 1 heterocycles.